The van der Waals surface area contributed by atoms with Crippen molar-refractivity contribution >= 4 is 46.5 Å². The molecule has 0 unspecified atom stereocenters. The Morgan fingerprint density at radius 2 is 1.95 bits per heavy atom. The Hall–Kier alpha value is -3.99. The van der Waals surface area contributed by atoms with Gasteiger partial charge in [-0.25, -0.2) is 14.4 Å². The number of rotatable bonds is 5. The third-order valence-corrected chi connectivity index (χ3v) is 6.20. The van der Waals surface area contributed by atoms with Crippen molar-refractivity contribution in [1.29, 1.82) is 0 Å². The lowest BCUT2D eigenvalue weighted by atomic mass is 10.0. The first-order valence-corrected chi connectivity index (χ1v) is 12.1. The maximum absolute atomic E-state index is 12.5. The van der Waals surface area contributed by atoms with Crippen molar-refractivity contribution in [3.63, 3.8) is 0 Å². The lowest BCUT2D eigenvalue weighted by Gasteiger charge is -2.39. The lowest BCUT2D eigenvalue weighted by molar-refractivity contribution is -0.145. The SMILES string of the molecule is CC(C)(C)OC(=O)N1CCN(CC=Cc2cccc3c(N4CCC(=O)NC4=O)cncc23)C[C@H]1C(=O)O. The molecule has 4 amide bonds. The average molecular weight is 510 g/mol. The molecule has 11 nitrogen and oxygen atoms in total. The molecule has 37 heavy (non-hydrogen) atoms. The standard InChI is InChI=1S/C26H31N5O6/c1-26(2,3)37-25(36)31-13-12-29(16-21(31)23(33)34)10-5-7-17-6-4-8-18-19(17)14-27-15-20(18)30-11-9-22(32)28-24(30)35/h4-8,14-15,21H,9-13,16H2,1-3H3,(H,33,34)(H,28,32,35)/t21-/m0/s1. The topological polar surface area (TPSA) is 132 Å². The maximum Gasteiger partial charge on any atom is 0.411 e. The van der Waals surface area contributed by atoms with E-state index in [4.69, 9.17) is 4.74 Å². The highest BCUT2D eigenvalue weighted by atomic mass is 16.6. The summed E-state index contributed by atoms with van der Waals surface area (Å²) in [4.78, 5) is 57.3. The van der Waals surface area contributed by atoms with Gasteiger partial charge in [0.05, 0.1) is 11.9 Å². The first kappa shape index (κ1) is 26.1. The minimum absolute atomic E-state index is 0.183. The van der Waals surface area contributed by atoms with Gasteiger partial charge in [-0.2, -0.15) is 0 Å². The van der Waals surface area contributed by atoms with Crippen molar-refractivity contribution in [2.24, 2.45) is 0 Å². The maximum atomic E-state index is 12.5. The first-order valence-electron chi connectivity index (χ1n) is 12.1. The molecule has 3 heterocycles. The molecular formula is C26H31N5O6. The van der Waals surface area contributed by atoms with Crippen LogP contribution in [-0.2, 0) is 14.3 Å². The van der Waals surface area contributed by atoms with Gasteiger partial charge in [0.15, 0.2) is 0 Å². The Morgan fingerprint density at radius 3 is 2.65 bits per heavy atom. The highest BCUT2D eigenvalue weighted by molar-refractivity contribution is 6.10. The molecule has 0 spiro atoms. The van der Waals surface area contributed by atoms with E-state index in [0.717, 1.165) is 16.3 Å². The predicted octanol–water partition coefficient (Wildman–Crippen LogP) is 2.70. The summed E-state index contributed by atoms with van der Waals surface area (Å²) >= 11 is 0. The minimum atomic E-state index is -1.07. The number of hydrogen-bond donors (Lipinski definition) is 2. The van der Waals surface area contributed by atoms with Gasteiger partial charge in [-0.3, -0.25) is 29.8 Å². The van der Waals surface area contributed by atoms with Crippen molar-refractivity contribution in [2.75, 3.05) is 37.6 Å². The molecule has 4 rings (SSSR count). The van der Waals surface area contributed by atoms with Gasteiger partial charge in [0.2, 0.25) is 5.91 Å². The van der Waals surface area contributed by atoms with Gasteiger partial charge in [-0.05, 0) is 26.3 Å². The zero-order chi connectivity index (χ0) is 26.7. The van der Waals surface area contributed by atoms with E-state index in [1.165, 1.54) is 9.80 Å². The van der Waals surface area contributed by atoms with E-state index in [1.807, 2.05) is 35.3 Å². The number of hydrogen-bond acceptors (Lipinski definition) is 7. The molecule has 196 valence electrons. The molecule has 0 bridgehead atoms. The number of piperazine rings is 1. The van der Waals surface area contributed by atoms with E-state index >= 15 is 0 Å². The van der Waals surface area contributed by atoms with Gasteiger partial charge in [-0.1, -0.05) is 30.4 Å². The smallest absolute Gasteiger partial charge is 0.411 e. The van der Waals surface area contributed by atoms with E-state index in [2.05, 4.69) is 10.3 Å². The molecule has 1 aromatic heterocycles. The number of aromatic nitrogens is 1. The van der Waals surface area contributed by atoms with Gasteiger partial charge in [0.1, 0.15) is 11.6 Å². The number of ether oxygens (including phenoxy) is 1. The molecule has 1 aromatic carbocycles. The summed E-state index contributed by atoms with van der Waals surface area (Å²) < 4.78 is 5.38. The molecule has 2 aromatic rings. The summed E-state index contributed by atoms with van der Waals surface area (Å²) in [5.74, 6) is -1.37. The van der Waals surface area contributed by atoms with Crippen LogP contribution in [0.15, 0.2) is 36.7 Å². The van der Waals surface area contributed by atoms with Crippen molar-refractivity contribution in [2.45, 2.75) is 38.8 Å². The summed E-state index contributed by atoms with van der Waals surface area (Å²) in [5, 5.41) is 13.7. The fourth-order valence-electron chi connectivity index (χ4n) is 4.44. The van der Waals surface area contributed by atoms with E-state index in [1.54, 1.807) is 33.2 Å². The zero-order valence-corrected chi connectivity index (χ0v) is 21.1. The number of carbonyl (C=O) groups excluding carboxylic acids is 3. The number of carboxylic acid groups (broad SMARTS) is 1. The third-order valence-electron chi connectivity index (χ3n) is 6.20. The third kappa shape index (κ3) is 6.05. The van der Waals surface area contributed by atoms with Crippen LogP contribution in [-0.4, -0.2) is 88.3 Å². The number of urea groups is 1. The number of nitrogens with one attached hydrogen (secondary N) is 1. The van der Waals surface area contributed by atoms with Crippen LogP contribution >= 0.6 is 0 Å². The number of nitrogens with zero attached hydrogens (tertiary/aromatic N) is 4. The Morgan fingerprint density at radius 1 is 1.16 bits per heavy atom. The summed E-state index contributed by atoms with van der Waals surface area (Å²) in [6, 6.07) is 4.26. The van der Waals surface area contributed by atoms with Crippen LogP contribution in [0.25, 0.3) is 16.8 Å². The second-order valence-corrected chi connectivity index (χ2v) is 10.0. The van der Waals surface area contributed by atoms with Crippen LogP contribution in [0.5, 0.6) is 0 Å². The molecule has 11 heteroatoms. The minimum Gasteiger partial charge on any atom is -0.480 e. The number of aliphatic carboxylic acids is 1. The number of anilines is 1. The molecule has 2 aliphatic heterocycles. The Kier molecular flexibility index (Phi) is 7.44. The molecule has 2 N–H and O–H groups in total. The number of imide groups is 1. The largest absolute Gasteiger partial charge is 0.480 e. The van der Waals surface area contributed by atoms with E-state index in [0.29, 0.717) is 18.8 Å². The van der Waals surface area contributed by atoms with Crippen LogP contribution < -0.4 is 10.2 Å². The summed E-state index contributed by atoms with van der Waals surface area (Å²) in [6.45, 7) is 6.96. The van der Waals surface area contributed by atoms with Crippen molar-refractivity contribution in [1.82, 2.24) is 20.1 Å². The molecule has 2 aliphatic rings. The van der Waals surface area contributed by atoms with Gasteiger partial charge in [0.25, 0.3) is 0 Å². The number of pyridine rings is 1. The van der Waals surface area contributed by atoms with Crippen LogP contribution in [0.4, 0.5) is 15.3 Å². The fourth-order valence-corrected chi connectivity index (χ4v) is 4.44. The average Bonchev–Trinajstić information content (AvgIpc) is 2.83. The fraction of sp³-hybridized carbons (Fsp3) is 0.423. The van der Waals surface area contributed by atoms with E-state index < -0.39 is 29.7 Å². The normalized spacial score (nSPS) is 19.4. The van der Waals surface area contributed by atoms with Crippen molar-refractivity contribution in [3.8, 4) is 0 Å². The van der Waals surface area contributed by atoms with E-state index in [-0.39, 0.29) is 32.0 Å². The highest BCUT2D eigenvalue weighted by Gasteiger charge is 2.37. The van der Waals surface area contributed by atoms with Gasteiger partial charge in [0, 0.05) is 56.1 Å². The lowest BCUT2D eigenvalue weighted by Crippen LogP contribution is -2.58. The van der Waals surface area contributed by atoms with E-state index in [9.17, 15) is 24.3 Å². The summed E-state index contributed by atoms with van der Waals surface area (Å²) in [5.41, 5.74) is 0.811. The molecule has 2 fully saturated rings. The summed E-state index contributed by atoms with van der Waals surface area (Å²) in [7, 11) is 0. The van der Waals surface area contributed by atoms with Gasteiger partial charge >= 0.3 is 18.1 Å². The molecule has 1 atom stereocenters. The second-order valence-electron chi connectivity index (χ2n) is 10.0. The quantitative estimate of drug-likeness (QED) is 0.629. The second kappa shape index (κ2) is 10.6. The van der Waals surface area contributed by atoms with Crippen LogP contribution in [0, 0.1) is 0 Å². The molecule has 0 aliphatic carbocycles. The monoisotopic (exact) mass is 509 g/mol. The van der Waals surface area contributed by atoms with Crippen LogP contribution in [0.3, 0.4) is 0 Å². The molecule has 0 radical (unpaired) electrons. The van der Waals surface area contributed by atoms with Crippen molar-refractivity contribution < 1.29 is 29.0 Å². The highest BCUT2D eigenvalue weighted by Crippen LogP contribution is 2.29. The Labute approximate surface area is 214 Å². The van der Waals surface area contributed by atoms with Gasteiger partial charge < -0.3 is 9.84 Å². The number of carboxylic acids is 1. The van der Waals surface area contributed by atoms with Crippen LogP contribution in [0.2, 0.25) is 0 Å². The first-order chi connectivity index (χ1) is 17.5. The molecule has 2 saturated heterocycles. The Balaban J connectivity index is 1.47. The number of amides is 4. The molecule has 0 saturated carbocycles. The predicted molar refractivity (Wildman–Crippen MR) is 137 cm³/mol. The Bertz CT molecular complexity index is 1250. The number of benzene rings is 1. The number of fused-ring (bicyclic) bond motifs is 1. The summed E-state index contributed by atoms with van der Waals surface area (Å²) in [6.07, 6.45) is 6.81. The van der Waals surface area contributed by atoms with Crippen molar-refractivity contribution in [3.05, 3.63) is 42.2 Å². The zero-order valence-electron chi connectivity index (χ0n) is 21.1. The number of carbonyl (C=O) groups is 4. The van der Waals surface area contributed by atoms with Gasteiger partial charge in [-0.15, -0.1) is 0 Å². The molecular weight excluding hydrogens is 478 g/mol. The van der Waals surface area contributed by atoms with Crippen LogP contribution in [0.1, 0.15) is 32.8 Å².